The molecular formula is C21H34O8. The van der Waals surface area contributed by atoms with Crippen molar-refractivity contribution in [1.82, 2.24) is 0 Å². The van der Waals surface area contributed by atoms with Crippen molar-refractivity contribution in [3.8, 4) is 0 Å². The van der Waals surface area contributed by atoms with Crippen LogP contribution < -0.4 is 0 Å². The van der Waals surface area contributed by atoms with Crippen molar-refractivity contribution in [3.05, 3.63) is 0 Å². The molecule has 1 aliphatic carbocycles. The second-order valence-corrected chi connectivity index (χ2v) is 10.6. The van der Waals surface area contributed by atoms with E-state index in [0.717, 1.165) is 25.7 Å². The van der Waals surface area contributed by atoms with Crippen LogP contribution in [-0.4, -0.2) is 74.4 Å². The Kier molecular flexibility index (Phi) is 5.08. The average Bonchev–Trinajstić information content (AvgIpc) is 2.69. The number of aliphatic carboxylic acids is 1. The van der Waals surface area contributed by atoms with E-state index in [0.29, 0.717) is 23.7 Å². The molecule has 29 heavy (non-hydrogen) atoms. The number of fused-ring (bicyclic) bond motifs is 4. The molecule has 166 valence electrons. The number of ether oxygens (including phenoxy) is 3. The second kappa shape index (κ2) is 6.87. The zero-order chi connectivity index (χ0) is 21.4. The van der Waals surface area contributed by atoms with Gasteiger partial charge in [0.2, 0.25) is 0 Å². The summed E-state index contributed by atoms with van der Waals surface area (Å²) in [5.41, 5.74) is -0.515. The minimum atomic E-state index is -1.72. The summed E-state index contributed by atoms with van der Waals surface area (Å²) in [4.78, 5) is 11.4. The monoisotopic (exact) mass is 414 g/mol. The minimum Gasteiger partial charge on any atom is -0.479 e. The van der Waals surface area contributed by atoms with Crippen LogP contribution in [0, 0.1) is 17.3 Å². The smallest absolute Gasteiger partial charge is 0.335 e. The van der Waals surface area contributed by atoms with E-state index in [2.05, 4.69) is 20.8 Å². The third-order valence-corrected chi connectivity index (χ3v) is 8.13. The lowest BCUT2D eigenvalue weighted by molar-refractivity contribution is -0.337. The highest BCUT2D eigenvalue weighted by Gasteiger charge is 2.62. The number of rotatable bonds is 3. The lowest BCUT2D eigenvalue weighted by atomic mass is 9.50. The van der Waals surface area contributed by atoms with E-state index in [-0.39, 0.29) is 5.60 Å². The zero-order valence-electron chi connectivity index (χ0n) is 17.6. The molecule has 2 bridgehead atoms. The molecule has 3 aliphatic heterocycles. The number of hydrogen-bond donors (Lipinski definition) is 4. The molecule has 3 saturated heterocycles. The van der Waals surface area contributed by atoms with Crippen LogP contribution in [0.5, 0.6) is 0 Å². The highest BCUT2D eigenvalue weighted by Crippen LogP contribution is 2.63. The first kappa shape index (κ1) is 21.5. The van der Waals surface area contributed by atoms with E-state index >= 15 is 0 Å². The molecule has 3 heterocycles. The van der Waals surface area contributed by atoms with E-state index in [1.165, 1.54) is 0 Å². The molecule has 10 unspecified atom stereocenters. The lowest BCUT2D eigenvalue weighted by Gasteiger charge is -2.59. The van der Waals surface area contributed by atoms with E-state index in [1.54, 1.807) is 0 Å². The van der Waals surface area contributed by atoms with Crippen molar-refractivity contribution in [3.63, 3.8) is 0 Å². The molecule has 0 spiro atoms. The molecular weight excluding hydrogens is 380 g/mol. The standard InChI is InChI=1S/C21H34O8/c1-19(2)9-11-10(19)5-7-21(4)12(6-8-20(11,3)29-21)27-18-15(24)13(22)14(23)16(28-18)17(25)26/h10-16,18,22-24H,5-9H2,1-4H3,(H,25,26). The fourth-order valence-electron chi connectivity index (χ4n) is 6.30. The normalized spacial score (nSPS) is 54.0. The predicted molar refractivity (Wildman–Crippen MR) is 101 cm³/mol. The molecule has 4 rings (SSSR count). The van der Waals surface area contributed by atoms with Crippen molar-refractivity contribution < 1.29 is 39.4 Å². The molecule has 8 nitrogen and oxygen atoms in total. The summed E-state index contributed by atoms with van der Waals surface area (Å²) in [6.07, 6.45) is -3.88. The van der Waals surface area contributed by atoms with Crippen molar-refractivity contribution >= 4 is 5.97 Å². The molecule has 0 aromatic rings. The highest BCUT2D eigenvalue weighted by atomic mass is 16.7. The predicted octanol–water partition coefficient (Wildman–Crippen LogP) is 1.05. The largest absolute Gasteiger partial charge is 0.479 e. The average molecular weight is 414 g/mol. The first-order valence-corrected chi connectivity index (χ1v) is 10.7. The SMILES string of the molecule is CC1(C)CC2C1CCC1(C)OC2(C)CCC1OC1OC(C(=O)O)C(O)C(O)C1O. The Bertz CT molecular complexity index is 667. The topological polar surface area (TPSA) is 126 Å². The van der Waals surface area contributed by atoms with Crippen molar-refractivity contribution in [2.24, 2.45) is 17.3 Å². The Morgan fingerprint density at radius 2 is 1.59 bits per heavy atom. The summed E-state index contributed by atoms with van der Waals surface area (Å²) >= 11 is 0. The van der Waals surface area contributed by atoms with Crippen LogP contribution in [0.15, 0.2) is 0 Å². The maximum absolute atomic E-state index is 11.4. The Labute approximate surface area is 171 Å². The van der Waals surface area contributed by atoms with Crippen molar-refractivity contribution in [1.29, 1.82) is 0 Å². The van der Waals surface area contributed by atoms with Gasteiger partial charge in [-0.25, -0.2) is 4.79 Å². The number of carbonyl (C=O) groups is 1. The van der Waals surface area contributed by atoms with Gasteiger partial charge in [-0.1, -0.05) is 13.8 Å². The molecule has 1 saturated carbocycles. The van der Waals surface area contributed by atoms with Gasteiger partial charge in [0.1, 0.15) is 18.3 Å². The van der Waals surface area contributed by atoms with Gasteiger partial charge < -0.3 is 34.6 Å². The summed E-state index contributed by atoms with van der Waals surface area (Å²) in [6.45, 7) is 8.83. The Morgan fingerprint density at radius 3 is 2.21 bits per heavy atom. The number of aliphatic hydroxyl groups is 3. The molecule has 4 N–H and O–H groups in total. The molecule has 4 aliphatic rings. The first-order valence-electron chi connectivity index (χ1n) is 10.7. The summed E-state index contributed by atoms with van der Waals surface area (Å²) in [5.74, 6) is -0.299. The van der Waals surface area contributed by atoms with Gasteiger partial charge in [0.25, 0.3) is 0 Å². The molecule has 4 fully saturated rings. The third kappa shape index (κ3) is 3.32. The van der Waals surface area contributed by atoms with Gasteiger partial charge in [0, 0.05) is 0 Å². The van der Waals surface area contributed by atoms with Crippen LogP contribution in [0.2, 0.25) is 0 Å². The van der Waals surface area contributed by atoms with Gasteiger partial charge in [0.05, 0.1) is 17.3 Å². The fraction of sp³-hybridized carbons (Fsp3) is 0.952. The van der Waals surface area contributed by atoms with E-state index in [1.807, 2.05) is 6.92 Å². The van der Waals surface area contributed by atoms with Gasteiger partial charge in [-0.15, -0.1) is 0 Å². The van der Waals surface area contributed by atoms with E-state index in [9.17, 15) is 25.2 Å². The molecule has 0 radical (unpaired) electrons. The molecule has 10 atom stereocenters. The number of carboxylic acid groups (broad SMARTS) is 1. The van der Waals surface area contributed by atoms with E-state index in [4.69, 9.17) is 14.2 Å². The highest BCUT2D eigenvalue weighted by molar-refractivity contribution is 5.73. The Morgan fingerprint density at radius 1 is 0.931 bits per heavy atom. The van der Waals surface area contributed by atoms with Gasteiger partial charge >= 0.3 is 5.97 Å². The van der Waals surface area contributed by atoms with Gasteiger partial charge in [-0.3, -0.25) is 0 Å². The summed E-state index contributed by atoms with van der Waals surface area (Å²) in [6, 6.07) is 0. The first-order chi connectivity index (χ1) is 13.4. The van der Waals surface area contributed by atoms with Gasteiger partial charge in [-0.05, 0) is 63.2 Å². The Balaban J connectivity index is 1.52. The van der Waals surface area contributed by atoms with Crippen LogP contribution in [0.1, 0.15) is 59.8 Å². The Hall–Kier alpha value is -0.770. The zero-order valence-corrected chi connectivity index (χ0v) is 17.6. The maximum atomic E-state index is 11.4. The number of hydrogen-bond acceptors (Lipinski definition) is 7. The molecule has 0 aromatic heterocycles. The van der Waals surface area contributed by atoms with E-state index < -0.39 is 48.4 Å². The number of aliphatic hydroxyl groups excluding tert-OH is 3. The van der Waals surface area contributed by atoms with Crippen LogP contribution in [0.25, 0.3) is 0 Å². The summed E-state index contributed by atoms with van der Waals surface area (Å²) < 4.78 is 18.0. The number of carboxylic acids is 1. The lowest BCUT2D eigenvalue weighted by Crippen LogP contribution is -2.63. The van der Waals surface area contributed by atoms with Crippen LogP contribution in [0.4, 0.5) is 0 Å². The quantitative estimate of drug-likeness (QED) is 0.540. The maximum Gasteiger partial charge on any atom is 0.335 e. The van der Waals surface area contributed by atoms with Crippen molar-refractivity contribution in [2.45, 2.75) is 108 Å². The van der Waals surface area contributed by atoms with Crippen molar-refractivity contribution in [2.75, 3.05) is 0 Å². The summed E-state index contributed by atoms with van der Waals surface area (Å²) in [5, 5.41) is 39.5. The van der Waals surface area contributed by atoms with Crippen LogP contribution in [-0.2, 0) is 19.0 Å². The third-order valence-electron chi connectivity index (χ3n) is 8.13. The van der Waals surface area contributed by atoms with Gasteiger partial charge in [-0.2, -0.15) is 0 Å². The summed E-state index contributed by atoms with van der Waals surface area (Å²) in [7, 11) is 0. The van der Waals surface area contributed by atoms with Gasteiger partial charge in [0.15, 0.2) is 12.4 Å². The molecule has 0 amide bonds. The molecule has 0 aromatic carbocycles. The fourth-order valence-corrected chi connectivity index (χ4v) is 6.30. The second-order valence-electron chi connectivity index (χ2n) is 10.6. The minimum absolute atomic E-state index is 0.226. The molecule has 8 heteroatoms. The van der Waals surface area contributed by atoms with Crippen LogP contribution in [0.3, 0.4) is 0 Å². The van der Waals surface area contributed by atoms with Crippen LogP contribution >= 0.6 is 0 Å².